The standard InChI is InChI=1S/C17H21ClN2O/c1-20(11-13-5-4-8-21-12-13)17-9-14(10-18)19-16-7-3-2-6-15(16)17/h2-3,6-7,9,13H,4-5,8,10-12H2,1H3. The van der Waals surface area contributed by atoms with E-state index in [1.807, 2.05) is 12.1 Å². The molecule has 4 heteroatoms. The Kier molecular flexibility index (Phi) is 4.61. The molecule has 0 aliphatic carbocycles. The van der Waals surface area contributed by atoms with Gasteiger partial charge in [-0.25, -0.2) is 0 Å². The van der Waals surface area contributed by atoms with Gasteiger partial charge >= 0.3 is 0 Å². The summed E-state index contributed by atoms with van der Waals surface area (Å²) in [6, 6.07) is 10.4. The molecule has 3 rings (SSSR count). The van der Waals surface area contributed by atoms with Crippen molar-refractivity contribution >= 4 is 28.2 Å². The van der Waals surface area contributed by atoms with Gasteiger partial charge in [0.1, 0.15) is 0 Å². The van der Waals surface area contributed by atoms with Crippen molar-refractivity contribution in [3.63, 3.8) is 0 Å². The van der Waals surface area contributed by atoms with Crippen LogP contribution in [0.15, 0.2) is 30.3 Å². The van der Waals surface area contributed by atoms with Crippen LogP contribution in [-0.4, -0.2) is 31.8 Å². The number of ether oxygens (including phenoxy) is 1. The van der Waals surface area contributed by atoms with E-state index in [0.29, 0.717) is 11.8 Å². The first-order valence-corrected chi connectivity index (χ1v) is 8.05. The van der Waals surface area contributed by atoms with Gasteiger partial charge in [0.15, 0.2) is 0 Å². The van der Waals surface area contributed by atoms with Gasteiger partial charge in [-0.3, -0.25) is 4.98 Å². The van der Waals surface area contributed by atoms with Crippen molar-refractivity contribution in [2.75, 3.05) is 31.7 Å². The topological polar surface area (TPSA) is 25.4 Å². The molecule has 1 fully saturated rings. The summed E-state index contributed by atoms with van der Waals surface area (Å²) in [7, 11) is 2.15. The smallest absolute Gasteiger partial charge is 0.0726 e. The Labute approximate surface area is 130 Å². The van der Waals surface area contributed by atoms with Crippen molar-refractivity contribution in [3.05, 3.63) is 36.0 Å². The number of hydrogen-bond donors (Lipinski definition) is 0. The van der Waals surface area contributed by atoms with Gasteiger partial charge in [0, 0.05) is 31.3 Å². The van der Waals surface area contributed by atoms with E-state index >= 15 is 0 Å². The van der Waals surface area contributed by atoms with Gasteiger partial charge in [0.25, 0.3) is 0 Å². The van der Waals surface area contributed by atoms with Crippen molar-refractivity contribution in [2.45, 2.75) is 18.7 Å². The normalized spacial score (nSPS) is 18.9. The summed E-state index contributed by atoms with van der Waals surface area (Å²) in [6.45, 7) is 2.79. The number of hydrogen-bond acceptors (Lipinski definition) is 3. The first-order valence-electron chi connectivity index (χ1n) is 7.51. The maximum atomic E-state index is 5.99. The van der Waals surface area contributed by atoms with Crippen LogP contribution in [0.3, 0.4) is 0 Å². The van der Waals surface area contributed by atoms with E-state index in [9.17, 15) is 0 Å². The van der Waals surface area contributed by atoms with E-state index < -0.39 is 0 Å². The van der Waals surface area contributed by atoms with Gasteiger partial charge < -0.3 is 9.64 Å². The Bertz CT molecular complexity index is 611. The third kappa shape index (κ3) is 3.30. The molecule has 0 radical (unpaired) electrons. The van der Waals surface area contributed by atoms with Crippen LogP contribution in [0, 0.1) is 5.92 Å². The second-order valence-electron chi connectivity index (χ2n) is 5.75. The molecule has 1 aliphatic heterocycles. The predicted molar refractivity (Wildman–Crippen MR) is 88.1 cm³/mol. The van der Waals surface area contributed by atoms with E-state index in [1.54, 1.807) is 0 Å². The fraction of sp³-hybridized carbons (Fsp3) is 0.471. The second kappa shape index (κ2) is 6.63. The average Bonchev–Trinajstić information content (AvgIpc) is 2.54. The lowest BCUT2D eigenvalue weighted by Gasteiger charge is -2.29. The van der Waals surface area contributed by atoms with Gasteiger partial charge in [-0.2, -0.15) is 0 Å². The average molecular weight is 305 g/mol. The monoisotopic (exact) mass is 304 g/mol. The largest absolute Gasteiger partial charge is 0.381 e. The molecule has 112 valence electrons. The first-order chi connectivity index (χ1) is 10.3. The quantitative estimate of drug-likeness (QED) is 0.803. The van der Waals surface area contributed by atoms with Crippen LogP contribution in [0.1, 0.15) is 18.5 Å². The Hall–Kier alpha value is -1.32. The number of anilines is 1. The number of pyridine rings is 1. The van der Waals surface area contributed by atoms with Gasteiger partial charge in [0.05, 0.1) is 23.7 Å². The molecule has 2 heterocycles. The van der Waals surface area contributed by atoms with E-state index in [0.717, 1.165) is 31.0 Å². The van der Waals surface area contributed by atoms with Gasteiger partial charge in [0.2, 0.25) is 0 Å². The molecule has 1 aliphatic rings. The molecule has 21 heavy (non-hydrogen) atoms. The van der Waals surface area contributed by atoms with Crippen LogP contribution in [0.2, 0.25) is 0 Å². The lowest BCUT2D eigenvalue weighted by molar-refractivity contribution is 0.0576. The lowest BCUT2D eigenvalue weighted by atomic mass is 10.0. The molecular weight excluding hydrogens is 284 g/mol. The molecule has 1 aromatic heterocycles. The van der Waals surface area contributed by atoms with Crippen molar-refractivity contribution < 1.29 is 4.74 Å². The third-order valence-corrected chi connectivity index (χ3v) is 4.36. The number of para-hydroxylation sites is 1. The van der Waals surface area contributed by atoms with E-state index in [2.05, 4.69) is 35.1 Å². The summed E-state index contributed by atoms with van der Waals surface area (Å²) in [4.78, 5) is 6.92. The van der Waals surface area contributed by atoms with Gasteiger partial charge in [-0.05, 0) is 30.9 Å². The van der Waals surface area contributed by atoms with Crippen LogP contribution in [0.5, 0.6) is 0 Å². The summed E-state index contributed by atoms with van der Waals surface area (Å²) in [6.07, 6.45) is 2.41. The molecule has 0 N–H and O–H groups in total. The predicted octanol–water partition coefficient (Wildman–Crippen LogP) is 3.84. The van der Waals surface area contributed by atoms with Crippen LogP contribution >= 0.6 is 11.6 Å². The molecule has 3 nitrogen and oxygen atoms in total. The molecule has 1 saturated heterocycles. The second-order valence-corrected chi connectivity index (χ2v) is 6.01. The highest BCUT2D eigenvalue weighted by atomic mass is 35.5. The van der Waals surface area contributed by atoms with Gasteiger partial charge in [-0.1, -0.05) is 18.2 Å². The Morgan fingerprint density at radius 2 is 2.24 bits per heavy atom. The van der Waals surface area contributed by atoms with Crippen LogP contribution in [-0.2, 0) is 10.6 Å². The molecule has 0 saturated carbocycles. The minimum absolute atomic E-state index is 0.443. The van der Waals surface area contributed by atoms with Crippen molar-refractivity contribution in [3.8, 4) is 0 Å². The maximum absolute atomic E-state index is 5.99. The van der Waals surface area contributed by atoms with Crippen molar-refractivity contribution in [1.29, 1.82) is 0 Å². The Morgan fingerprint density at radius 3 is 3.00 bits per heavy atom. The number of benzene rings is 1. The fourth-order valence-electron chi connectivity index (χ4n) is 3.03. The van der Waals surface area contributed by atoms with Crippen molar-refractivity contribution in [2.24, 2.45) is 5.92 Å². The molecule has 0 bridgehead atoms. The van der Waals surface area contributed by atoms with E-state index in [4.69, 9.17) is 16.3 Å². The highest BCUT2D eigenvalue weighted by molar-refractivity contribution is 6.17. The molecule has 0 spiro atoms. The number of nitrogens with zero attached hydrogens (tertiary/aromatic N) is 2. The minimum Gasteiger partial charge on any atom is -0.381 e. The summed E-state index contributed by atoms with van der Waals surface area (Å²) in [5.74, 6) is 1.05. The minimum atomic E-state index is 0.443. The Balaban J connectivity index is 1.90. The number of fused-ring (bicyclic) bond motifs is 1. The molecule has 2 aromatic rings. The SMILES string of the molecule is CN(CC1CCCOC1)c1cc(CCl)nc2ccccc12. The van der Waals surface area contributed by atoms with Gasteiger partial charge in [-0.15, -0.1) is 11.6 Å². The summed E-state index contributed by atoms with van der Waals surface area (Å²) in [5, 5.41) is 1.19. The molecular formula is C17H21ClN2O. The number of alkyl halides is 1. The van der Waals surface area contributed by atoms with E-state index in [-0.39, 0.29) is 0 Å². The zero-order valence-corrected chi connectivity index (χ0v) is 13.1. The van der Waals surface area contributed by atoms with E-state index in [1.165, 1.54) is 23.9 Å². The molecule has 1 aromatic carbocycles. The van der Waals surface area contributed by atoms with Crippen molar-refractivity contribution in [1.82, 2.24) is 4.98 Å². The van der Waals surface area contributed by atoms with Crippen LogP contribution < -0.4 is 4.90 Å². The highest BCUT2D eigenvalue weighted by Crippen LogP contribution is 2.28. The molecule has 1 atom stereocenters. The van der Waals surface area contributed by atoms with Crippen LogP contribution in [0.25, 0.3) is 10.9 Å². The maximum Gasteiger partial charge on any atom is 0.0726 e. The number of rotatable bonds is 4. The summed E-state index contributed by atoms with van der Waals surface area (Å²) in [5.41, 5.74) is 3.15. The summed E-state index contributed by atoms with van der Waals surface area (Å²) >= 11 is 5.99. The third-order valence-electron chi connectivity index (χ3n) is 4.08. The zero-order valence-electron chi connectivity index (χ0n) is 12.4. The number of aromatic nitrogens is 1. The lowest BCUT2D eigenvalue weighted by Crippen LogP contribution is -2.31. The van der Waals surface area contributed by atoms with Crippen LogP contribution in [0.4, 0.5) is 5.69 Å². The fourth-order valence-corrected chi connectivity index (χ4v) is 3.17. The Morgan fingerprint density at radius 1 is 1.38 bits per heavy atom. The molecule has 1 unspecified atom stereocenters. The zero-order chi connectivity index (χ0) is 14.7. The highest BCUT2D eigenvalue weighted by Gasteiger charge is 2.17. The summed E-state index contributed by atoms with van der Waals surface area (Å²) < 4.78 is 5.59. The molecule has 0 amide bonds. The first kappa shape index (κ1) is 14.6. The number of halogens is 1.